The molecule has 0 aromatic rings. The van der Waals surface area contributed by atoms with Crippen molar-refractivity contribution in [3.63, 3.8) is 0 Å². The largest absolute Gasteiger partial charge is 0.417 e. The summed E-state index contributed by atoms with van der Waals surface area (Å²) in [4.78, 5) is 0. The Balaban J connectivity index is 3.62. The second-order valence-corrected chi connectivity index (χ2v) is 1.19. The fourth-order valence-corrected chi connectivity index (χ4v) is 0.0945. The molecule has 6 heteroatoms. The zero-order valence-electron chi connectivity index (χ0n) is 3.87. The summed E-state index contributed by atoms with van der Waals surface area (Å²) in [5.74, 6) is 4.36. The van der Waals surface area contributed by atoms with Gasteiger partial charge in [-0.1, -0.05) is 0 Å². The van der Waals surface area contributed by atoms with Gasteiger partial charge in [-0.15, -0.1) is 0 Å². The van der Waals surface area contributed by atoms with Crippen LogP contribution >= 0.6 is 0 Å². The predicted octanol–water partition coefficient (Wildman–Crippen LogP) is -0.703. The quantitative estimate of drug-likeness (QED) is 0.249. The summed E-state index contributed by atoms with van der Waals surface area (Å²) >= 11 is 0. The van der Waals surface area contributed by atoms with Crippen LogP contribution in [-0.2, 0) is 0 Å². The first-order chi connectivity index (χ1) is 3.48. The number of hydrogen-bond acceptors (Lipinski definition) is 3. The Labute approximate surface area is 43.8 Å². The van der Waals surface area contributed by atoms with E-state index in [9.17, 15) is 13.2 Å². The Morgan fingerprint density at radius 3 is 1.75 bits per heavy atom. The smallest absolute Gasteiger partial charge is 0.307 e. The number of hydrazine groups is 1. The van der Waals surface area contributed by atoms with Gasteiger partial charge in [-0.25, -0.2) is 5.43 Å². The Hall–Kier alpha value is -0.330. The fraction of sp³-hybridized carbons (Fsp3) is 1.00. The van der Waals surface area contributed by atoms with Crippen LogP contribution < -0.4 is 17.0 Å². The molecule has 0 saturated heterocycles. The van der Waals surface area contributed by atoms with E-state index in [0.29, 0.717) is 0 Å². The van der Waals surface area contributed by atoms with Crippen molar-refractivity contribution < 1.29 is 13.2 Å². The molecule has 0 heterocycles. The predicted molar refractivity (Wildman–Crippen MR) is 21.4 cm³/mol. The van der Waals surface area contributed by atoms with Crippen LogP contribution in [0.3, 0.4) is 0 Å². The molecule has 0 aliphatic rings. The van der Waals surface area contributed by atoms with Crippen LogP contribution in [0, 0.1) is 0 Å². The molecule has 0 bridgehead atoms. The van der Waals surface area contributed by atoms with E-state index < -0.39 is 12.3 Å². The summed E-state index contributed by atoms with van der Waals surface area (Å²) in [5, 5.41) is 0. The topological polar surface area (TPSA) is 64.1 Å². The molecule has 5 N–H and O–H groups in total. The third-order valence-corrected chi connectivity index (χ3v) is 0.532. The molecule has 0 aliphatic heterocycles. The molecule has 0 aliphatic carbocycles. The number of nitrogens with two attached hydrogens (primary N) is 2. The molecule has 0 amide bonds. The van der Waals surface area contributed by atoms with Crippen LogP contribution in [0.5, 0.6) is 0 Å². The zero-order valence-corrected chi connectivity index (χ0v) is 3.87. The van der Waals surface area contributed by atoms with E-state index in [1.807, 2.05) is 0 Å². The van der Waals surface area contributed by atoms with E-state index in [1.54, 1.807) is 0 Å². The standard InChI is InChI=1S/C2H6F3N3/c3-2(4,5)1(6)8-7/h1,8H,6-7H2. The molecule has 0 radical (unpaired) electrons. The Morgan fingerprint density at radius 1 is 1.38 bits per heavy atom. The monoisotopic (exact) mass is 129 g/mol. The lowest BCUT2D eigenvalue weighted by Gasteiger charge is -2.12. The minimum atomic E-state index is -4.45. The third-order valence-electron chi connectivity index (χ3n) is 0.532. The number of halogens is 3. The second kappa shape index (κ2) is 2.29. The molecule has 0 spiro atoms. The van der Waals surface area contributed by atoms with Crippen molar-refractivity contribution in [2.75, 3.05) is 0 Å². The van der Waals surface area contributed by atoms with Gasteiger partial charge in [-0.05, 0) is 0 Å². The van der Waals surface area contributed by atoms with Gasteiger partial charge in [-0.3, -0.25) is 5.84 Å². The lowest BCUT2D eigenvalue weighted by Crippen LogP contribution is -2.52. The van der Waals surface area contributed by atoms with Crippen LogP contribution in [0.25, 0.3) is 0 Å². The molecule has 0 aromatic heterocycles. The molecule has 1 atom stereocenters. The fourth-order valence-electron chi connectivity index (χ4n) is 0.0945. The van der Waals surface area contributed by atoms with Crippen molar-refractivity contribution in [1.29, 1.82) is 0 Å². The molecule has 0 rings (SSSR count). The normalized spacial score (nSPS) is 16.1. The van der Waals surface area contributed by atoms with Crippen LogP contribution in [0.4, 0.5) is 13.2 Å². The molecular formula is C2H6F3N3. The van der Waals surface area contributed by atoms with Crippen molar-refractivity contribution in [2.45, 2.75) is 12.3 Å². The highest BCUT2D eigenvalue weighted by atomic mass is 19.4. The summed E-state index contributed by atoms with van der Waals surface area (Å²) < 4.78 is 33.5. The maximum atomic E-state index is 11.2. The second-order valence-electron chi connectivity index (χ2n) is 1.19. The van der Waals surface area contributed by atoms with Gasteiger partial charge >= 0.3 is 6.18 Å². The molecule has 8 heavy (non-hydrogen) atoms. The Bertz CT molecular complexity index is 69.4. The van der Waals surface area contributed by atoms with Crippen LogP contribution in [-0.4, -0.2) is 12.3 Å². The van der Waals surface area contributed by atoms with Crippen LogP contribution in [0.15, 0.2) is 0 Å². The highest BCUT2D eigenvalue weighted by molar-refractivity contribution is 4.62. The van der Waals surface area contributed by atoms with E-state index in [1.165, 1.54) is 5.43 Å². The van der Waals surface area contributed by atoms with E-state index in [-0.39, 0.29) is 0 Å². The molecule has 0 saturated carbocycles. The van der Waals surface area contributed by atoms with Crippen molar-refractivity contribution >= 4 is 0 Å². The average molecular weight is 129 g/mol. The summed E-state index contributed by atoms with van der Waals surface area (Å²) in [6, 6.07) is 0. The number of hydrogen-bond donors (Lipinski definition) is 3. The van der Waals surface area contributed by atoms with Gasteiger partial charge in [0.15, 0.2) is 6.17 Å². The van der Waals surface area contributed by atoms with Gasteiger partial charge in [-0.2, -0.15) is 13.2 Å². The minimum absolute atomic E-state index is 1.36. The van der Waals surface area contributed by atoms with Gasteiger partial charge in [0, 0.05) is 0 Å². The van der Waals surface area contributed by atoms with E-state index >= 15 is 0 Å². The van der Waals surface area contributed by atoms with Crippen LogP contribution in [0.2, 0.25) is 0 Å². The summed E-state index contributed by atoms with van der Waals surface area (Å²) in [5.41, 5.74) is 5.75. The van der Waals surface area contributed by atoms with E-state index in [0.717, 1.165) is 0 Å². The molecule has 0 aromatic carbocycles. The molecule has 50 valence electrons. The van der Waals surface area contributed by atoms with Gasteiger partial charge in [0.05, 0.1) is 0 Å². The van der Waals surface area contributed by atoms with Crippen molar-refractivity contribution in [2.24, 2.45) is 11.6 Å². The van der Waals surface area contributed by atoms with Gasteiger partial charge < -0.3 is 5.73 Å². The SMILES string of the molecule is NNC(N)C(F)(F)F. The van der Waals surface area contributed by atoms with Crippen molar-refractivity contribution in [1.82, 2.24) is 5.43 Å². The van der Waals surface area contributed by atoms with Gasteiger partial charge in [0.25, 0.3) is 0 Å². The number of rotatable bonds is 1. The zero-order chi connectivity index (χ0) is 6.78. The van der Waals surface area contributed by atoms with Crippen molar-refractivity contribution in [3.05, 3.63) is 0 Å². The summed E-state index contributed by atoms with van der Waals surface area (Å²) in [7, 11) is 0. The maximum absolute atomic E-state index is 11.2. The van der Waals surface area contributed by atoms with E-state index in [2.05, 4.69) is 11.6 Å². The summed E-state index contributed by atoms with van der Waals surface area (Å²) in [6.45, 7) is 0. The average Bonchev–Trinajstić information content (AvgIpc) is 1.62. The Morgan fingerprint density at radius 2 is 1.75 bits per heavy atom. The first-order valence-electron chi connectivity index (χ1n) is 1.77. The lowest BCUT2D eigenvalue weighted by molar-refractivity contribution is -0.154. The molecular weight excluding hydrogens is 123 g/mol. The van der Waals surface area contributed by atoms with Crippen LogP contribution in [0.1, 0.15) is 0 Å². The molecule has 0 fully saturated rings. The minimum Gasteiger partial charge on any atom is -0.307 e. The molecule has 3 nitrogen and oxygen atoms in total. The Kier molecular flexibility index (Phi) is 2.20. The highest BCUT2D eigenvalue weighted by Crippen LogP contribution is 2.15. The maximum Gasteiger partial charge on any atom is 0.417 e. The highest BCUT2D eigenvalue weighted by Gasteiger charge is 2.35. The molecule has 1 unspecified atom stereocenters. The lowest BCUT2D eigenvalue weighted by atomic mass is 10.5. The summed E-state index contributed by atoms with van der Waals surface area (Å²) in [6.07, 6.45) is -6.57. The third kappa shape index (κ3) is 2.10. The number of alkyl halides is 3. The van der Waals surface area contributed by atoms with E-state index in [4.69, 9.17) is 0 Å². The van der Waals surface area contributed by atoms with Gasteiger partial charge in [0.1, 0.15) is 0 Å². The first-order valence-corrected chi connectivity index (χ1v) is 1.77. The van der Waals surface area contributed by atoms with Crippen molar-refractivity contribution in [3.8, 4) is 0 Å². The first kappa shape index (κ1) is 7.67. The number of nitrogens with one attached hydrogen (secondary N) is 1. The van der Waals surface area contributed by atoms with Gasteiger partial charge in [0.2, 0.25) is 0 Å².